The lowest BCUT2D eigenvalue weighted by Gasteiger charge is -2.13. The van der Waals surface area contributed by atoms with Crippen LogP contribution in [0.15, 0.2) is 59.6 Å². The molecule has 1 amide bonds. The van der Waals surface area contributed by atoms with Crippen molar-refractivity contribution in [2.75, 3.05) is 10.6 Å². The number of nitrogens with two attached hydrogens (primary N) is 2. The molecule has 11 heteroatoms. The second kappa shape index (κ2) is 8.43. The molecule has 2 aromatic carbocycles. The fraction of sp³-hybridized carbons (Fsp3) is 0.0526. The number of aromatic nitrogens is 1. The number of carbonyl (C=O) groups excluding carboxylic acids is 1. The van der Waals surface area contributed by atoms with Crippen molar-refractivity contribution >= 4 is 33.1 Å². The van der Waals surface area contributed by atoms with E-state index in [-0.39, 0.29) is 17.0 Å². The van der Waals surface area contributed by atoms with Gasteiger partial charge in [-0.05, 0) is 42.0 Å². The molecule has 0 aliphatic carbocycles. The minimum Gasteiger partial charge on any atom is -0.380 e. The fourth-order valence-electron chi connectivity index (χ4n) is 2.65. The number of sulfonamides is 1. The molecule has 1 aromatic heterocycles. The van der Waals surface area contributed by atoms with Crippen molar-refractivity contribution in [1.82, 2.24) is 4.98 Å². The summed E-state index contributed by atoms with van der Waals surface area (Å²) in [5.41, 5.74) is 6.59. The zero-order chi connectivity index (χ0) is 21.9. The Bertz CT molecular complexity index is 1180. The van der Waals surface area contributed by atoms with E-state index in [0.717, 1.165) is 18.2 Å². The summed E-state index contributed by atoms with van der Waals surface area (Å²) in [6, 6.07) is 10.2. The lowest BCUT2D eigenvalue weighted by molar-refractivity contribution is 0.100. The van der Waals surface area contributed by atoms with Crippen molar-refractivity contribution in [3.63, 3.8) is 0 Å². The van der Waals surface area contributed by atoms with E-state index in [0.29, 0.717) is 22.8 Å². The van der Waals surface area contributed by atoms with Crippen LogP contribution in [0.5, 0.6) is 0 Å². The summed E-state index contributed by atoms with van der Waals surface area (Å²) in [6.45, 7) is 0.0292. The SMILES string of the molecule is NC(=O)c1cnc(Nc2ccc(S(N)(=O)=O)cc2)cc1NCc1cc(F)cc(F)c1. The van der Waals surface area contributed by atoms with Crippen molar-refractivity contribution < 1.29 is 22.0 Å². The fourth-order valence-corrected chi connectivity index (χ4v) is 3.17. The molecule has 0 bridgehead atoms. The molecule has 0 aliphatic rings. The van der Waals surface area contributed by atoms with Gasteiger partial charge in [0.1, 0.15) is 17.5 Å². The molecule has 0 radical (unpaired) electrons. The quantitative estimate of drug-likeness (QED) is 0.451. The molecule has 3 rings (SSSR count). The van der Waals surface area contributed by atoms with Gasteiger partial charge in [-0.3, -0.25) is 4.79 Å². The largest absolute Gasteiger partial charge is 0.380 e. The van der Waals surface area contributed by atoms with Crippen LogP contribution in [0, 0.1) is 11.6 Å². The lowest BCUT2D eigenvalue weighted by Crippen LogP contribution is -2.15. The van der Waals surface area contributed by atoms with E-state index in [1.54, 1.807) is 0 Å². The highest BCUT2D eigenvalue weighted by Crippen LogP contribution is 2.23. The van der Waals surface area contributed by atoms with Crippen molar-refractivity contribution in [3.05, 3.63) is 77.5 Å². The second-order valence-electron chi connectivity index (χ2n) is 6.31. The standard InChI is InChI=1S/C19H17F2N5O3S/c20-12-5-11(6-13(21)7-12)9-24-17-8-18(25-10-16(17)19(22)27)26-14-1-3-15(4-2-14)30(23,28)29/h1-8,10H,9H2,(H2,22,27)(H2,23,28,29)(H2,24,25,26). The van der Waals surface area contributed by atoms with Gasteiger partial charge in [-0.25, -0.2) is 27.3 Å². The van der Waals surface area contributed by atoms with Gasteiger partial charge in [0, 0.05) is 30.6 Å². The molecular formula is C19H17F2N5O3S. The highest BCUT2D eigenvalue weighted by atomic mass is 32.2. The van der Waals surface area contributed by atoms with Gasteiger partial charge in [0.25, 0.3) is 5.91 Å². The van der Waals surface area contributed by atoms with Crippen molar-refractivity contribution in [2.45, 2.75) is 11.4 Å². The molecule has 0 saturated carbocycles. The Kier molecular flexibility index (Phi) is 5.94. The van der Waals surface area contributed by atoms with Crippen LogP contribution in [-0.4, -0.2) is 19.3 Å². The predicted molar refractivity (Wildman–Crippen MR) is 108 cm³/mol. The number of anilines is 3. The van der Waals surface area contributed by atoms with E-state index in [2.05, 4.69) is 15.6 Å². The van der Waals surface area contributed by atoms with Gasteiger partial charge in [0.05, 0.1) is 16.1 Å². The number of hydrogen-bond donors (Lipinski definition) is 4. The Labute approximate surface area is 171 Å². The van der Waals surface area contributed by atoms with Crippen LogP contribution in [-0.2, 0) is 16.6 Å². The summed E-state index contributed by atoms with van der Waals surface area (Å²) in [5, 5.41) is 10.9. The Morgan fingerprint density at radius 1 is 1.03 bits per heavy atom. The molecule has 0 saturated heterocycles. The Morgan fingerprint density at radius 2 is 1.67 bits per heavy atom. The van der Waals surface area contributed by atoms with Gasteiger partial charge in [0.15, 0.2) is 0 Å². The first-order valence-corrected chi connectivity index (χ1v) is 10.0. The van der Waals surface area contributed by atoms with E-state index in [9.17, 15) is 22.0 Å². The first-order valence-electron chi connectivity index (χ1n) is 8.50. The summed E-state index contributed by atoms with van der Waals surface area (Å²) in [7, 11) is -3.81. The van der Waals surface area contributed by atoms with Crippen molar-refractivity contribution in [2.24, 2.45) is 10.9 Å². The zero-order valence-electron chi connectivity index (χ0n) is 15.4. The highest BCUT2D eigenvalue weighted by Gasteiger charge is 2.12. The number of carbonyl (C=O) groups is 1. The van der Waals surface area contributed by atoms with Gasteiger partial charge in [-0.1, -0.05) is 0 Å². The minimum atomic E-state index is -3.81. The molecule has 0 spiro atoms. The monoisotopic (exact) mass is 433 g/mol. The minimum absolute atomic E-state index is 0.0292. The average Bonchev–Trinajstić information content (AvgIpc) is 2.65. The maximum atomic E-state index is 13.4. The number of nitrogens with zero attached hydrogens (tertiary/aromatic N) is 1. The van der Waals surface area contributed by atoms with Gasteiger partial charge < -0.3 is 16.4 Å². The normalized spacial score (nSPS) is 11.2. The lowest BCUT2D eigenvalue weighted by atomic mass is 10.1. The van der Waals surface area contributed by atoms with E-state index in [1.165, 1.54) is 36.5 Å². The van der Waals surface area contributed by atoms with Crippen LogP contribution in [0.1, 0.15) is 15.9 Å². The number of hydrogen-bond acceptors (Lipinski definition) is 6. The Hall–Kier alpha value is -3.57. The maximum absolute atomic E-state index is 13.4. The number of nitrogens with one attached hydrogen (secondary N) is 2. The van der Waals surface area contributed by atoms with Gasteiger partial charge in [-0.15, -0.1) is 0 Å². The number of amides is 1. The second-order valence-corrected chi connectivity index (χ2v) is 7.87. The number of primary sulfonamides is 1. The van der Waals surface area contributed by atoms with Crippen LogP contribution < -0.4 is 21.5 Å². The Balaban J connectivity index is 1.82. The van der Waals surface area contributed by atoms with Gasteiger partial charge >= 0.3 is 0 Å². The zero-order valence-corrected chi connectivity index (χ0v) is 16.2. The third kappa shape index (κ3) is 5.27. The molecule has 1 heterocycles. The van der Waals surface area contributed by atoms with Crippen LogP contribution in [0.4, 0.5) is 26.0 Å². The summed E-state index contributed by atoms with van der Waals surface area (Å²) in [5.74, 6) is -1.86. The molecule has 30 heavy (non-hydrogen) atoms. The number of benzene rings is 2. The smallest absolute Gasteiger partial charge is 0.252 e. The van der Waals surface area contributed by atoms with E-state index < -0.39 is 27.6 Å². The summed E-state index contributed by atoms with van der Waals surface area (Å²) in [6.07, 6.45) is 1.25. The van der Waals surface area contributed by atoms with Crippen molar-refractivity contribution in [3.8, 4) is 0 Å². The molecule has 3 aromatic rings. The summed E-state index contributed by atoms with van der Waals surface area (Å²) in [4.78, 5) is 15.7. The van der Waals surface area contributed by atoms with Crippen LogP contribution in [0.3, 0.4) is 0 Å². The molecule has 0 unspecified atom stereocenters. The first-order chi connectivity index (χ1) is 14.1. The summed E-state index contributed by atoms with van der Waals surface area (Å²) >= 11 is 0. The molecule has 6 N–H and O–H groups in total. The number of primary amides is 1. The number of rotatable bonds is 7. The Morgan fingerprint density at radius 3 is 2.23 bits per heavy atom. The molecule has 0 atom stereocenters. The highest BCUT2D eigenvalue weighted by molar-refractivity contribution is 7.89. The number of pyridine rings is 1. The van der Waals surface area contributed by atoms with E-state index >= 15 is 0 Å². The number of halogens is 2. The van der Waals surface area contributed by atoms with Crippen molar-refractivity contribution in [1.29, 1.82) is 0 Å². The summed E-state index contributed by atoms with van der Waals surface area (Å²) < 4.78 is 49.4. The van der Waals surface area contributed by atoms with Crippen LogP contribution >= 0.6 is 0 Å². The maximum Gasteiger partial charge on any atom is 0.252 e. The molecule has 8 nitrogen and oxygen atoms in total. The average molecular weight is 433 g/mol. The molecular weight excluding hydrogens is 416 g/mol. The first kappa shape index (κ1) is 21.1. The van der Waals surface area contributed by atoms with Gasteiger partial charge in [0.2, 0.25) is 10.0 Å². The van der Waals surface area contributed by atoms with Gasteiger partial charge in [-0.2, -0.15) is 0 Å². The van der Waals surface area contributed by atoms with Crippen LogP contribution in [0.2, 0.25) is 0 Å². The van der Waals surface area contributed by atoms with Crippen LogP contribution in [0.25, 0.3) is 0 Å². The predicted octanol–water partition coefficient (Wildman–Crippen LogP) is 2.46. The topological polar surface area (TPSA) is 140 Å². The van der Waals surface area contributed by atoms with E-state index in [1.807, 2.05) is 0 Å². The van der Waals surface area contributed by atoms with E-state index in [4.69, 9.17) is 10.9 Å². The molecule has 156 valence electrons. The molecule has 0 aliphatic heterocycles. The third-order valence-corrected chi connectivity index (χ3v) is 4.96. The third-order valence-electron chi connectivity index (χ3n) is 4.03. The molecule has 0 fully saturated rings.